The Morgan fingerprint density at radius 1 is 1.12 bits per heavy atom. The van der Waals surface area contributed by atoms with Crippen molar-refractivity contribution in [1.82, 2.24) is 19.7 Å². The van der Waals surface area contributed by atoms with Gasteiger partial charge in [-0.1, -0.05) is 56.8 Å². The molecule has 0 radical (unpaired) electrons. The van der Waals surface area contributed by atoms with Gasteiger partial charge in [0.05, 0.1) is 31.3 Å². The van der Waals surface area contributed by atoms with Gasteiger partial charge in [-0.25, -0.2) is 0 Å². The molecule has 1 amide bonds. The molecule has 1 unspecified atom stereocenters. The zero-order valence-electron chi connectivity index (χ0n) is 19.1. The van der Waals surface area contributed by atoms with E-state index in [0.29, 0.717) is 38.0 Å². The molecule has 170 valence electrons. The number of carbonyl (C=O) groups is 1. The number of morpholine rings is 1. The molecule has 7 nitrogen and oxygen atoms in total. The first kappa shape index (κ1) is 22.6. The van der Waals surface area contributed by atoms with Crippen LogP contribution in [0.4, 0.5) is 0 Å². The molecule has 0 aliphatic carbocycles. The fourth-order valence-electron chi connectivity index (χ4n) is 3.66. The van der Waals surface area contributed by atoms with Gasteiger partial charge in [-0.3, -0.25) is 9.36 Å². The van der Waals surface area contributed by atoms with Gasteiger partial charge in [-0.2, -0.15) is 0 Å². The lowest BCUT2D eigenvalue weighted by Gasteiger charge is -2.28. The third kappa shape index (κ3) is 5.07. The third-order valence-electron chi connectivity index (χ3n) is 5.57. The highest BCUT2D eigenvalue weighted by Crippen LogP contribution is 2.30. The number of amides is 1. The van der Waals surface area contributed by atoms with Crippen LogP contribution in [0.25, 0.3) is 11.4 Å². The quantitative estimate of drug-likeness (QED) is 0.519. The molecular weight excluding hydrogens is 424 g/mol. The molecule has 1 aromatic carbocycles. The van der Waals surface area contributed by atoms with Crippen LogP contribution in [0.15, 0.2) is 52.2 Å². The van der Waals surface area contributed by atoms with E-state index in [1.165, 1.54) is 17.3 Å². The van der Waals surface area contributed by atoms with Crippen molar-refractivity contribution in [2.75, 3.05) is 26.3 Å². The summed E-state index contributed by atoms with van der Waals surface area (Å²) >= 11 is 1.43. The predicted octanol–water partition coefficient (Wildman–Crippen LogP) is 4.22. The first-order valence-electron chi connectivity index (χ1n) is 10.9. The minimum Gasteiger partial charge on any atom is -0.467 e. The van der Waals surface area contributed by atoms with Gasteiger partial charge < -0.3 is 14.1 Å². The Labute approximate surface area is 193 Å². The fourth-order valence-corrected chi connectivity index (χ4v) is 4.59. The average molecular weight is 455 g/mol. The molecule has 1 saturated heterocycles. The van der Waals surface area contributed by atoms with E-state index in [1.54, 1.807) is 6.26 Å². The van der Waals surface area contributed by atoms with E-state index in [1.807, 2.05) is 28.5 Å². The summed E-state index contributed by atoms with van der Waals surface area (Å²) in [4.78, 5) is 14.8. The number of benzene rings is 1. The van der Waals surface area contributed by atoms with Gasteiger partial charge in [0.25, 0.3) is 0 Å². The smallest absolute Gasteiger partial charge is 0.236 e. The zero-order valence-corrected chi connectivity index (χ0v) is 19.9. The summed E-state index contributed by atoms with van der Waals surface area (Å²) in [5, 5.41) is 9.36. The number of rotatable bonds is 6. The summed E-state index contributed by atoms with van der Waals surface area (Å²) in [6.07, 6.45) is 1.66. The molecule has 0 saturated carbocycles. The lowest BCUT2D eigenvalue weighted by atomic mass is 9.87. The molecule has 32 heavy (non-hydrogen) atoms. The molecular formula is C24H30N4O3S. The Morgan fingerprint density at radius 3 is 2.47 bits per heavy atom. The van der Waals surface area contributed by atoms with E-state index < -0.39 is 0 Å². The van der Waals surface area contributed by atoms with Crippen LogP contribution in [-0.2, 0) is 21.5 Å². The van der Waals surface area contributed by atoms with E-state index in [0.717, 1.165) is 17.1 Å². The summed E-state index contributed by atoms with van der Waals surface area (Å²) in [5.41, 5.74) is 2.32. The van der Waals surface area contributed by atoms with Crippen molar-refractivity contribution < 1.29 is 13.9 Å². The van der Waals surface area contributed by atoms with Gasteiger partial charge in [0, 0.05) is 18.7 Å². The molecule has 0 N–H and O–H groups in total. The molecule has 4 rings (SSSR count). The van der Waals surface area contributed by atoms with Crippen molar-refractivity contribution in [3.05, 3.63) is 54.0 Å². The third-order valence-corrected chi connectivity index (χ3v) is 6.64. The van der Waals surface area contributed by atoms with Crippen molar-refractivity contribution in [3.8, 4) is 11.4 Å². The van der Waals surface area contributed by atoms with Gasteiger partial charge in [-0.15, -0.1) is 10.2 Å². The highest BCUT2D eigenvalue weighted by atomic mass is 32.2. The summed E-state index contributed by atoms with van der Waals surface area (Å²) in [6, 6.07) is 12.2. The summed E-state index contributed by atoms with van der Waals surface area (Å²) in [6.45, 7) is 11.5. The van der Waals surface area contributed by atoms with E-state index in [-0.39, 0.29) is 16.6 Å². The second kappa shape index (κ2) is 9.50. The van der Waals surface area contributed by atoms with Crippen LogP contribution in [0, 0.1) is 0 Å². The van der Waals surface area contributed by atoms with Crippen molar-refractivity contribution in [1.29, 1.82) is 0 Å². The van der Waals surface area contributed by atoms with Crippen molar-refractivity contribution in [3.63, 3.8) is 0 Å². The molecule has 8 heteroatoms. The summed E-state index contributed by atoms with van der Waals surface area (Å²) in [7, 11) is 0. The Balaban J connectivity index is 1.61. The largest absolute Gasteiger partial charge is 0.467 e. The number of thioether (sulfide) groups is 1. The molecule has 2 aromatic heterocycles. The molecule has 1 aliphatic heterocycles. The number of hydrogen-bond acceptors (Lipinski definition) is 6. The minimum atomic E-state index is -0.274. The van der Waals surface area contributed by atoms with Gasteiger partial charge in [0.15, 0.2) is 11.0 Å². The zero-order chi connectivity index (χ0) is 22.7. The Morgan fingerprint density at radius 2 is 1.84 bits per heavy atom. The monoisotopic (exact) mass is 454 g/mol. The van der Waals surface area contributed by atoms with E-state index in [9.17, 15) is 4.79 Å². The maximum atomic E-state index is 12.9. The van der Waals surface area contributed by atoms with Crippen LogP contribution >= 0.6 is 11.8 Å². The summed E-state index contributed by atoms with van der Waals surface area (Å²) < 4.78 is 13.0. The molecule has 1 aliphatic rings. The maximum Gasteiger partial charge on any atom is 0.236 e. The van der Waals surface area contributed by atoms with Gasteiger partial charge in [0.1, 0.15) is 5.76 Å². The Bertz CT molecular complexity index is 1030. The molecule has 0 bridgehead atoms. The maximum absolute atomic E-state index is 12.9. The van der Waals surface area contributed by atoms with E-state index in [4.69, 9.17) is 9.15 Å². The first-order valence-corrected chi connectivity index (χ1v) is 11.8. The topological polar surface area (TPSA) is 73.4 Å². The van der Waals surface area contributed by atoms with Crippen LogP contribution in [0.2, 0.25) is 0 Å². The van der Waals surface area contributed by atoms with Crippen LogP contribution in [0.3, 0.4) is 0 Å². The average Bonchev–Trinajstić information content (AvgIpc) is 3.44. The van der Waals surface area contributed by atoms with Crippen LogP contribution in [-0.4, -0.2) is 57.1 Å². The second-order valence-corrected chi connectivity index (χ2v) is 10.3. The van der Waals surface area contributed by atoms with Crippen molar-refractivity contribution in [2.45, 2.75) is 50.1 Å². The van der Waals surface area contributed by atoms with Gasteiger partial charge in [-0.05, 0) is 30.0 Å². The number of carbonyl (C=O) groups excluding carboxylic acids is 1. The molecule has 0 spiro atoms. The van der Waals surface area contributed by atoms with E-state index in [2.05, 4.69) is 55.2 Å². The van der Waals surface area contributed by atoms with E-state index >= 15 is 0 Å². The Hall–Kier alpha value is -2.58. The number of furan rings is 1. The summed E-state index contributed by atoms with van der Waals surface area (Å²) in [5.74, 6) is 1.67. The number of ether oxygens (including phenoxy) is 1. The first-order chi connectivity index (χ1) is 15.3. The number of aromatic nitrogens is 3. The lowest BCUT2D eigenvalue weighted by Crippen LogP contribution is -2.44. The SMILES string of the molecule is CC(Sc1nnc(-c2ccc(C(C)(C)C)cc2)n1Cc1ccco1)C(=O)N1CCOCC1. The minimum absolute atomic E-state index is 0.0800. The number of nitrogens with zero attached hydrogens (tertiary/aromatic N) is 4. The molecule has 1 fully saturated rings. The fraction of sp³-hybridized carbons (Fsp3) is 0.458. The highest BCUT2D eigenvalue weighted by Gasteiger charge is 2.26. The predicted molar refractivity (Wildman–Crippen MR) is 125 cm³/mol. The number of hydrogen-bond donors (Lipinski definition) is 0. The van der Waals surface area contributed by atoms with Crippen molar-refractivity contribution in [2.24, 2.45) is 0 Å². The molecule has 1 atom stereocenters. The van der Waals surface area contributed by atoms with Crippen LogP contribution in [0.5, 0.6) is 0 Å². The molecule has 3 heterocycles. The highest BCUT2D eigenvalue weighted by molar-refractivity contribution is 8.00. The van der Waals surface area contributed by atoms with Gasteiger partial charge in [0.2, 0.25) is 5.91 Å². The van der Waals surface area contributed by atoms with Gasteiger partial charge >= 0.3 is 0 Å². The Kier molecular flexibility index (Phi) is 6.71. The second-order valence-electron chi connectivity index (χ2n) is 9.00. The molecule has 3 aromatic rings. The normalized spacial score (nSPS) is 15.7. The standard InChI is InChI=1S/C24H30N4O3S/c1-17(22(29)27-11-14-30-15-12-27)32-23-26-25-21(28(23)16-20-6-5-13-31-20)18-7-9-19(10-8-18)24(2,3)4/h5-10,13,17H,11-12,14-16H2,1-4H3. The van der Waals surface area contributed by atoms with Crippen LogP contribution < -0.4 is 0 Å². The van der Waals surface area contributed by atoms with Crippen molar-refractivity contribution >= 4 is 17.7 Å². The lowest BCUT2D eigenvalue weighted by molar-refractivity contribution is -0.134. The van der Waals surface area contributed by atoms with Crippen LogP contribution in [0.1, 0.15) is 39.0 Å².